The highest BCUT2D eigenvalue weighted by atomic mass is 16.6. The molecule has 2 aliphatic rings. The number of para-hydroxylation sites is 1. The molecule has 33 heavy (non-hydrogen) atoms. The second kappa shape index (κ2) is 8.89. The van der Waals surface area contributed by atoms with Crippen LogP contribution in [-0.2, 0) is 38.4 Å². The number of hydrogen-bond acceptors (Lipinski definition) is 5. The average Bonchev–Trinajstić information content (AvgIpc) is 3.16. The van der Waals surface area contributed by atoms with E-state index in [-0.39, 0.29) is 24.3 Å². The molecule has 0 fully saturated rings. The molecule has 2 atom stereocenters. The van der Waals surface area contributed by atoms with Crippen molar-refractivity contribution in [1.82, 2.24) is 4.90 Å². The Kier molecular flexibility index (Phi) is 6.15. The van der Waals surface area contributed by atoms with Gasteiger partial charge in [-0.2, -0.15) is 0 Å². The van der Waals surface area contributed by atoms with Crippen LogP contribution in [0.4, 0.5) is 10.5 Å². The van der Waals surface area contributed by atoms with Gasteiger partial charge in [0.2, 0.25) is 5.91 Å². The molecule has 2 amide bonds. The Bertz CT molecular complexity index is 1070. The van der Waals surface area contributed by atoms with E-state index in [4.69, 9.17) is 9.47 Å². The second-order valence-electron chi connectivity index (χ2n) is 9.57. The van der Waals surface area contributed by atoms with Gasteiger partial charge in [-0.3, -0.25) is 14.5 Å². The first kappa shape index (κ1) is 22.8. The Morgan fingerprint density at radius 1 is 0.939 bits per heavy atom. The van der Waals surface area contributed by atoms with Gasteiger partial charge in [0.25, 0.3) is 0 Å². The topological polar surface area (TPSA) is 76.2 Å². The number of methoxy groups -OCH3 is 1. The number of fused-ring (bicyclic) bond motifs is 2. The van der Waals surface area contributed by atoms with Crippen molar-refractivity contribution >= 4 is 23.7 Å². The van der Waals surface area contributed by atoms with E-state index < -0.39 is 17.7 Å². The first-order chi connectivity index (χ1) is 15.7. The third kappa shape index (κ3) is 4.72. The zero-order valence-electron chi connectivity index (χ0n) is 19.5. The molecule has 0 unspecified atom stereocenters. The quantitative estimate of drug-likeness (QED) is 0.664. The number of carbonyl (C=O) groups is 3. The van der Waals surface area contributed by atoms with Gasteiger partial charge in [0.15, 0.2) is 0 Å². The fourth-order valence-corrected chi connectivity index (χ4v) is 4.62. The Labute approximate surface area is 194 Å². The summed E-state index contributed by atoms with van der Waals surface area (Å²) in [7, 11) is 1.35. The second-order valence-corrected chi connectivity index (χ2v) is 9.57. The zero-order valence-corrected chi connectivity index (χ0v) is 19.5. The molecule has 0 spiro atoms. The van der Waals surface area contributed by atoms with Crippen molar-refractivity contribution in [1.29, 1.82) is 0 Å². The summed E-state index contributed by atoms with van der Waals surface area (Å²) in [6, 6.07) is 14.4. The number of hydrogen-bond donors (Lipinski definition) is 0. The summed E-state index contributed by atoms with van der Waals surface area (Å²) in [5, 5.41) is 0. The molecule has 4 rings (SSSR count). The summed E-state index contributed by atoms with van der Waals surface area (Å²) in [5.74, 6) is -0.559. The molecular weight excluding hydrogens is 420 g/mol. The van der Waals surface area contributed by atoms with Gasteiger partial charge in [0.1, 0.15) is 11.6 Å². The molecule has 2 aromatic rings. The number of ether oxygens (including phenoxy) is 2. The van der Waals surface area contributed by atoms with Crippen LogP contribution in [0.3, 0.4) is 0 Å². The normalized spacial score (nSPS) is 19.5. The van der Waals surface area contributed by atoms with Gasteiger partial charge < -0.3 is 14.4 Å². The van der Waals surface area contributed by atoms with E-state index in [1.54, 1.807) is 25.7 Å². The predicted molar refractivity (Wildman–Crippen MR) is 124 cm³/mol. The third-order valence-electron chi connectivity index (χ3n) is 6.12. The van der Waals surface area contributed by atoms with Crippen LogP contribution in [0.25, 0.3) is 0 Å². The number of benzene rings is 2. The van der Waals surface area contributed by atoms with E-state index in [0.29, 0.717) is 25.1 Å². The minimum Gasteiger partial charge on any atom is -0.469 e. The number of carbonyl (C=O) groups excluding carboxylic acids is 3. The van der Waals surface area contributed by atoms with Gasteiger partial charge >= 0.3 is 12.1 Å². The van der Waals surface area contributed by atoms with Gasteiger partial charge in [-0.05, 0) is 49.9 Å². The fourth-order valence-electron chi connectivity index (χ4n) is 4.62. The molecule has 7 heteroatoms. The zero-order chi connectivity index (χ0) is 23.8. The SMILES string of the molecule is COC(=O)C[C@H]1Cc2ccccc2CN1C(=O)[C@H]1Cc2ccccc2N1C(=O)OC(C)(C)C. The van der Waals surface area contributed by atoms with Crippen LogP contribution in [0.15, 0.2) is 48.5 Å². The molecular formula is C26H30N2O5. The van der Waals surface area contributed by atoms with Gasteiger partial charge in [-0.25, -0.2) is 4.79 Å². The monoisotopic (exact) mass is 450 g/mol. The van der Waals surface area contributed by atoms with E-state index in [9.17, 15) is 14.4 Å². The van der Waals surface area contributed by atoms with Crippen molar-refractivity contribution in [3.05, 3.63) is 65.2 Å². The van der Waals surface area contributed by atoms with Crippen LogP contribution in [0.5, 0.6) is 0 Å². The van der Waals surface area contributed by atoms with E-state index in [1.165, 1.54) is 12.0 Å². The standard InChI is InChI=1S/C26H30N2O5/c1-26(2,3)33-25(31)28-21-12-8-7-10-18(21)14-22(28)24(30)27-16-19-11-6-5-9-17(19)13-20(27)15-23(29)32-4/h5-12,20,22H,13-16H2,1-4H3/t20-,22-/m1/s1. The van der Waals surface area contributed by atoms with Crippen LogP contribution in [0.2, 0.25) is 0 Å². The molecule has 2 heterocycles. The van der Waals surface area contributed by atoms with E-state index in [0.717, 1.165) is 16.7 Å². The lowest BCUT2D eigenvalue weighted by molar-refractivity contribution is -0.144. The molecule has 0 saturated carbocycles. The van der Waals surface area contributed by atoms with Crippen LogP contribution in [-0.4, -0.2) is 47.7 Å². The number of amides is 2. The summed E-state index contributed by atoms with van der Waals surface area (Å²) in [6.45, 7) is 5.79. The summed E-state index contributed by atoms with van der Waals surface area (Å²) in [6.07, 6.45) is 0.510. The van der Waals surface area contributed by atoms with Crippen molar-refractivity contribution in [3.8, 4) is 0 Å². The maximum absolute atomic E-state index is 14.0. The minimum absolute atomic E-state index is 0.0999. The van der Waals surface area contributed by atoms with Gasteiger partial charge in [0, 0.05) is 19.0 Å². The Balaban J connectivity index is 1.67. The molecule has 0 aliphatic carbocycles. The summed E-state index contributed by atoms with van der Waals surface area (Å²) < 4.78 is 10.6. The number of rotatable bonds is 3. The van der Waals surface area contributed by atoms with Gasteiger partial charge in [-0.1, -0.05) is 42.5 Å². The van der Waals surface area contributed by atoms with Crippen LogP contribution in [0, 0.1) is 0 Å². The maximum atomic E-state index is 14.0. The number of esters is 1. The van der Waals surface area contributed by atoms with Crippen LogP contribution in [0.1, 0.15) is 43.9 Å². The molecule has 0 N–H and O–H groups in total. The lowest BCUT2D eigenvalue weighted by Crippen LogP contribution is -2.55. The smallest absolute Gasteiger partial charge is 0.415 e. The highest BCUT2D eigenvalue weighted by Gasteiger charge is 2.44. The molecule has 7 nitrogen and oxygen atoms in total. The van der Waals surface area contributed by atoms with Crippen LogP contribution < -0.4 is 4.90 Å². The first-order valence-electron chi connectivity index (χ1n) is 11.2. The lowest BCUT2D eigenvalue weighted by Gasteiger charge is -2.39. The molecule has 2 aromatic carbocycles. The van der Waals surface area contributed by atoms with Crippen molar-refractivity contribution in [2.24, 2.45) is 0 Å². The largest absolute Gasteiger partial charge is 0.469 e. The van der Waals surface area contributed by atoms with E-state index >= 15 is 0 Å². The van der Waals surface area contributed by atoms with Crippen molar-refractivity contribution < 1.29 is 23.9 Å². The van der Waals surface area contributed by atoms with Crippen molar-refractivity contribution in [2.45, 2.75) is 64.3 Å². The van der Waals surface area contributed by atoms with Gasteiger partial charge in [-0.15, -0.1) is 0 Å². The Morgan fingerprint density at radius 2 is 1.58 bits per heavy atom. The molecule has 174 valence electrons. The molecule has 2 aliphatic heterocycles. The van der Waals surface area contributed by atoms with Gasteiger partial charge in [0.05, 0.1) is 19.2 Å². The fraction of sp³-hybridized carbons (Fsp3) is 0.423. The third-order valence-corrected chi connectivity index (χ3v) is 6.12. The summed E-state index contributed by atoms with van der Waals surface area (Å²) in [4.78, 5) is 42.5. The minimum atomic E-state index is -0.734. The maximum Gasteiger partial charge on any atom is 0.415 e. The number of nitrogens with zero attached hydrogens (tertiary/aromatic N) is 2. The van der Waals surface area contributed by atoms with Crippen LogP contribution >= 0.6 is 0 Å². The van der Waals surface area contributed by atoms with Crippen molar-refractivity contribution in [2.75, 3.05) is 12.0 Å². The highest BCUT2D eigenvalue weighted by molar-refractivity contribution is 6.01. The summed E-state index contributed by atoms with van der Waals surface area (Å²) >= 11 is 0. The van der Waals surface area contributed by atoms with E-state index in [2.05, 4.69) is 0 Å². The first-order valence-corrected chi connectivity index (χ1v) is 11.2. The molecule has 0 bridgehead atoms. The van der Waals surface area contributed by atoms with E-state index in [1.807, 2.05) is 48.5 Å². The molecule has 0 aromatic heterocycles. The Morgan fingerprint density at radius 3 is 2.24 bits per heavy atom. The van der Waals surface area contributed by atoms with Crippen molar-refractivity contribution in [3.63, 3.8) is 0 Å². The molecule has 0 radical (unpaired) electrons. The number of anilines is 1. The average molecular weight is 451 g/mol. The summed E-state index contributed by atoms with van der Waals surface area (Å²) in [5.41, 5.74) is 3.08. The lowest BCUT2D eigenvalue weighted by atomic mass is 9.91. The Hall–Kier alpha value is -3.35. The molecule has 0 saturated heterocycles. The highest BCUT2D eigenvalue weighted by Crippen LogP contribution is 2.36. The predicted octanol–water partition coefficient (Wildman–Crippen LogP) is 3.87.